The van der Waals surface area contributed by atoms with Gasteiger partial charge in [-0.2, -0.15) is 4.31 Å². The highest BCUT2D eigenvalue weighted by Gasteiger charge is 2.38. The SMILES string of the molecule is COc1cc(C)c(S(=O)(=O)N2CCCCC2COCC(=O)N2CCC(CCc3ccccc3)(N(C)C)CC2)c(C)c1. The number of nitrogens with zero attached hydrogens (tertiary/aromatic N) is 3. The summed E-state index contributed by atoms with van der Waals surface area (Å²) in [4.78, 5) is 17.7. The molecule has 4 rings (SSSR count). The Morgan fingerprint density at radius 3 is 2.29 bits per heavy atom. The van der Waals surface area contributed by atoms with Crippen molar-refractivity contribution >= 4 is 15.9 Å². The summed E-state index contributed by atoms with van der Waals surface area (Å²) in [7, 11) is 2.15. The van der Waals surface area contributed by atoms with E-state index < -0.39 is 10.0 Å². The highest BCUT2D eigenvalue weighted by molar-refractivity contribution is 7.89. The average molecular weight is 586 g/mol. The number of piperidine rings is 2. The fourth-order valence-electron chi connectivity index (χ4n) is 6.50. The molecule has 41 heavy (non-hydrogen) atoms. The standard InChI is InChI=1S/C32H47N3O5S/c1-25-21-29(39-5)22-26(2)31(25)41(37,38)35-18-10-9-13-28(35)23-40-24-30(36)34-19-16-32(17-20-34,33(3)4)15-14-27-11-7-6-8-12-27/h6-8,11-12,21-22,28H,9-10,13-20,23-24H2,1-5H3. The Bertz CT molecular complexity index is 1250. The van der Waals surface area contributed by atoms with Gasteiger partial charge < -0.3 is 19.3 Å². The normalized spacial score (nSPS) is 19.9. The lowest BCUT2D eigenvalue weighted by Gasteiger charge is -2.46. The first-order valence-corrected chi connectivity index (χ1v) is 16.3. The van der Waals surface area contributed by atoms with Gasteiger partial charge in [-0.25, -0.2) is 8.42 Å². The Morgan fingerprint density at radius 2 is 1.68 bits per heavy atom. The van der Waals surface area contributed by atoms with E-state index in [2.05, 4.69) is 43.3 Å². The van der Waals surface area contributed by atoms with Crippen molar-refractivity contribution in [1.29, 1.82) is 0 Å². The molecule has 0 aliphatic carbocycles. The van der Waals surface area contributed by atoms with Gasteiger partial charge in [-0.1, -0.05) is 36.8 Å². The lowest BCUT2D eigenvalue weighted by atomic mass is 9.81. The molecule has 0 aromatic heterocycles. The first kappa shape index (κ1) is 31.5. The number of sulfonamides is 1. The van der Waals surface area contributed by atoms with Crippen molar-refractivity contribution in [1.82, 2.24) is 14.1 Å². The predicted octanol–water partition coefficient (Wildman–Crippen LogP) is 4.43. The molecule has 2 aliphatic heterocycles. The van der Waals surface area contributed by atoms with Crippen molar-refractivity contribution in [2.45, 2.75) is 75.3 Å². The highest BCUT2D eigenvalue weighted by Crippen LogP contribution is 2.33. The molecule has 0 radical (unpaired) electrons. The Labute approximate surface area is 246 Å². The summed E-state index contributed by atoms with van der Waals surface area (Å²) in [6, 6.07) is 13.8. The Hall–Kier alpha value is -2.46. The van der Waals surface area contributed by atoms with Gasteiger partial charge in [-0.3, -0.25) is 4.79 Å². The van der Waals surface area contributed by atoms with Crippen LogP contribution in [0.15, 0.2) is 47.4 Å². The summed E-state index contributed by atoms with van der Waals surface area (Å²) in [6.07, 6.45) is 6.40. The topological polar surface area (TPSA) is 79.4 Å². The summed E-state index contributed by atoms with van der Waals surface area (Å²) in [5.74, 6) is 0.625. The number of benzene rings is 2. The first-order valence-electron chi connectivity index (χ1n) is 14.8. The van der Waals surface area contributed by atoms with Gasteiger partial charge >= 0.3 is 0 Å². The van der Waals surface area contributed by atoms with Gasteiger partial charge in [0.25, 0.3) is 0 Å². The van der Waals surface area contributed by atoms with Crippen LogP contribution in [-0.4, -0.2) is 94.1 Å². The summed E-state index contributed by atoms with van der Waals surface area (Å²) in [6.45, 7) is 5.67. The smallest absolute Gasteiger partial charge is 0.248 e. The van der Waals surface area contributed by atoms with Gasteiger partial charge in [0, 0.05) is 31.2 Å². The van der Waals surface area contributed by atoms with Crippen LogP contribution in [0.1, 0.15) is 55.2 Å². The van der Waals surface area contributed by atoms with E-state index in [-0.39, 0.29) is 30.7 Å². The molecule has 2 saturated heterocycles. The second-order valence-corrected chi connectivity index (χ2v) is 13.7. The van der Waals surface area contributed by atoms with Crippen molar-refractivity contribution in [2.24, 2.45) is 0 Å². The number of carbonyl (C=O) groups excluding carboxylic acids is 1. The number of ether oxygens (including phenoxy) is 2. The van der Waals surface area contributed by atoms with E-state index in [0.29, 0.717) is 41.4 Å². The monoisotopic (exact) mass is 585 g/mol. The molecule has 0 N–H and O–H groups in total. The maximum Gasteiger partial charge on any atom is 0.248 e. The molecule has 0 bridgehead atoms. The molecule has 2 heterocycles. The van der Waals surface area contributed by atoms with Crippen LogP contribution in [-0.2, 0) is 26.0 Å². The van der Waals surface area contributed by atoms with E-state index in [1.54, 1.807) is 23.5 Å². The van der Waals surface area contributed by atoms with Gasteiger partial charge in [0.1, 0.15) is 12.4 Å². The zero-order valence-corrected chi connectivity index (χ0v) is 26.2. The zero-order chi connectivity index (χ0) is 29.6. The molecule has 1 atom stereocenters. The Morgan fingerprint density at radius 1 is 1.02 bits per heavy atom. The van der Waals surface area contributed by atoms with Gasteiger partial charge in [0.15, 0.2) is 0 Å². The number of methoxy groups -OCH3 is 1. The third-order valence-electron chi connectivity index (χ3n) is 9.06. The van der Waals surface area contributed by atoms with Crippen LogP contribution in [0.2, 0.25) is 0 Å². The minimum atomic E-state index is -3.72. The van der Waals surface area contributed by atoms with Gasteiger partial charge in [-0.15, -0.1) is 0 Å². The molecular weight excluding hydrogens is 538 g/mol. The van der Waals surface area contributed by atoms with E-state index >= 15 is 0 Å². The maximum atomic E-state index is 13.8. The van der Waals surface area contributed by atoms with Gasteiger partial charge in [0.2, 0.25) is 15.9 Å². The number of amides is 1. The fourth-order valence-corrected chi connectivity index (χ4v) is 8.59. The van der Waals surface area contributed by atoms with Crippen molar-refractivity contribution in [3.05, 3.63) is 59.2 Å². The van der Waals surface area contributed by atoms with E-state index in [1.807, 2.05) is 24.8 Å². The van der Waals surface area contributed by atoms with Crippen LogP contribution in [0.5, 0.6) is 5.75 Å². The van der Waals surface area contributed by atoms with Crippen molar-refractivity contribution in [3.63, 3.8) is 0 Å². The molecular formula is C32H47N3O5S. The van der Waals surface area contributed by atoms with Crippen molar-refractivity contribution < 1.29 is 22.7 Å². The third kappa shape index (κ3) is 7.31. The van der Waals surface area contributed by atoms with Gasteiger partial charge in [0.05, 0.1) is 18.6 Å². The second kappa shape index (κ2) is 13.7. The predicted molar refractivity (Wildman–Crippen MR) is 162 cm³/mol. The molecule has 1 amide bonds. The van der Waals surface area contributed by atoms with Crippen LogP contribution in [0.25, 0.3) is 0 Å². The molecule has 8 nitrogen and oxygen atoms in total. The van der Waals surface area contributed by atoms with E-state index in [1.165, 1.54) is 5.56 Å². The molecule has 2 aliphatic rings. The fraction of sp³-hybridized carbons (Fsp3) is 0.594. The molecule has 1 unspecified atom stereocenters. The number of rotatable bonds is 11. The molecule has 2 aromatic rings. The lowest BCUT2D eigenvalue weighted by molar-refractivity contribution is -0.139. The molecule has 2 aromatic carbocycles. The van der Waals surface area contributed by atoms with Crippen LogP contribution < -0.4 is 4.74 Å². The molecule has 9 heteroatoms. The number of carbonyl (C=O) groups is 1. The number of hydrogen-bond donors (Lipinski definition) is 0. The van der Waals surface area contributed by atoms with E-state index in [4.69, 9.17) is 9.47 Å². The first-order chi connectivity index (χ1) is 19.6. The minimum absolute atomic E-state index is 0.0209. The number of hydrogen-bond acceptors (Lipinski definition) is 6. The molecule has 0 spiro atoms. The Kier molecular flexibility index (Phi) is 10.5. The number of likely N-dealkylation sites (tertiary alicyclic amines) is 1. The van der Waals surface area contributed by atoms with E-state index in [9.17, 15) is 13.2 Å². The molecule has 0 saturated carbocycles. The summed E-state index contributed by atoms with van der Waals surface area (Å²) < 4.78 is 40.4. The van der Waals surface area contributed by atoms with Crippen molar-refractivity contribution in [2.75, 3.05) is 54.1 Å². The van der Waals surface area contributed by atoms with Crippen LogP contribution in [0.3, 0.4) is 0 Å². The van der Waals surface area contributed by atoms with Crippen LogP contribution >= 0.6 is 0 Å². The molecule has 226 valence electrons. The second-order valence-electron chi connectivity index (χ2n) is 11.9. The van der Waals surface area contributed by atoms with E-state index in [0.717, 1.165) is 44.9 Å². The van der Waals surface area contributed by atoms with Crippen molar-refractivity contribution in [3.8, 4) is 5.75 Å². The van der Waals surface area contributed by atoms with Crippen LogP contribution in [0, 0.1) is 13.8 Å². The summed E-state index contributed by atoms with van der Waals surface area (Å²) in [5, 5.41) is 0. The highest BCUT2D eigenvalue weighted by atomic mass is 32.2. The largest absolute Gasteiger partial charge is 0.497 e. The number of aryl methyl sites for hydroxylation is 3. The quantitative estimate of drug-likeness (QED) is 0.388. The lowest BCUT2D eigenvalue weighted by Crippen LogP contribution is -2.54. The summed E-state index contributed by atoms with van der Waals surface area (Å²) in [5.41, 5.74) is 2.76. The van der Waals surface area contributed by atoms with Crippen LogP contribution in [0.4, 0.5) is 0 Å². The zero-order valence-electron chi connectivity index (χ0n) is 25.4. The Balaban J connectivity index is 1.32. The maximum absolute atomic E-state index is 13.8. The minimum Gasteiger partial charge on any atom is -0.497 e. The average Bonchev–Trinajstić information content (AvgIpc) is 2.96. The summed E-state index contributed by atoms with van der Waals surface area (Å²) >= 11 is 0. The third-order valence-corrected chi connectivity index (χ3v) is 11.3. The molecule has 2 fully saturated rings. The van der Waals surface area contributed by atoms with Gasteiger partial charge in [-0.05, 0) is 95.3 Å².